The Morgan fingerprint density at radius 3 is 2.05 bits per heavy atom. The maximum absolute atomic E-state index is 15.0. The maximum Gasteiger partial charge on any atom is 0.264 e. The fraction of sp³-hybridized carbons (Fsp3) is 0.257. The number of anilines is 1. The lowest BCUT2D eigenvalue weighted by Gasteiger charge is -2.34. The molecule has 2 amide bonds. The smallest absolute Gasteiger partial charge is 0.264 e. The van der Waals surface area contributed by atoms with Gasteiger partial charge in [-0.3, -0.25) is 13.9 Å². The summed E-state index contributed by atoms with van der Waals surface area (Å²) in [7, 11) is -4.20. The monoisotopic (exact) mass is 615 g/mol. The van der Waals surface area contributed by atoms with Crippen molar-refractivity contribution in [2.24, 2.45) is 5.92 Å². The van der Waals surface area contributed by atoms with E-state index in [0.29, 0.717) is 17.8 Å². The molecule has 0 aliphatic rings. The van der Waals surface area contributed by atoms with Gasteiger partial charge >= 0.3 is 0 Å². The van der Waals surface area contributed by atoms with Crippen LogP contribution in [0.4, 0.5) is 10.1 Å². The number of nitrogens with zero attached hydrogens (tertiary/aromatic N) is 2. The number of halogens is 1. The first-order chi connectivity index (χ1) is 21.1. The minimum atomic E-state index is -4.20. The van der Waals surface area contributed by atoms with E-state index in [1.165, 1.54) is 23.1 Å². The molecule has 0 fully saturated rings. The van der Waals surface area contributed by atoms with Gasteiger partial charge in [-0.25, -0.2) is 12.8 Å². The number of sulfonamides is 1. The van der Waals surface area contributed by atoms with E-state index >= 15 is 4.39 Å². The highest BCUT2D eigenvalue weighted by Crippen LogP contribution is 2.27. The number of aryl methyl sites for hydroxylation is 1. The molecule has 4 rings (SSSR count). The summed E-state index contributed by atoms with van der Waals surface area (Å²) in [5, 5.41) is 2.93. The highest BCUT2D eigenvalue weighted by atomic mass is 32.2. The molecule has 44 heavy (non-hydrogen) atoms. The van der Waals surface area contributed by atoms with Gasteiger partial charge in [0.2, 0.25) is 11.8 Å². The van der Waals surface area contributed by atoms with E-state index < -0.39 is 40.2 Å². The Hall–Kier alpha value is -4.50. The SMILES string of the molecule is Cc1ccccc1N(CC(=O)N(Cc1ccccc1F)[C@@H](Cc1ccccc1)C(=O)NCC(C)C)S(=O)(=O)c1ccccc1. The van der Waals surface area contributed by atoms with Crippen LogP contribution in [0.5, 0.6) is 0 Å². The summed E-state index contributed by atoms with van der Waals surface area (Å²) in [6, 6.07) is 29.0. The lowest BCUT2D eigenvalue weighted by molar-refractivity contribution is -0.140. The molecule has 0 aliphatic heterocycles. The van der Waals surface area contributed by atoms with Crippen LogP contribution in [0.3, 0.4) is 0 Å². The van der Waals surface area contributed by atoms with Crippen molar-refractivity contribution in [3.8, 4) is 0 Å². The van der Waals surface area contributed by atoms with Gasteiger partial charge in [0.1, 0.15) is 18.4 Å². The number of carbonyl (C=O) groups is 2. The third kappa shape index (κ3) is 8.11. The Labute approximate surface area is 259 Å². The van der Waals surface area contributed by atoms with Crippen LogP contribution < -0.4 is 9.62 Å². The lowest BCUT2D eigenvalue weighted by Crippen LogP contribution is -2.54. The molecule has 4 aromatic rings. The number of carbonyl (C=O) groups excluding carboxylic acids is 2. The van der Waals surface area contributed by atoms with Crippen LogP contribution in [0, 0.1) is 18.7 Å². The van der Waals surface area contributed by atoms with Crippen LogP contribution in [-0.2, 0) is 32.6 Å². The molecule has 9 heteroatoms. The zero-order valence-corrected chi connectivity index (χ0v) is 26.0. The highest BCUT2D eigenvalue weighted by molar-refractivity contribution is 7.92. The number of hydrogen-bond donors (Lipinski definition) is 1. The number of hydrogen-bond acceptors (Lipinski definition) is 4. The molecule has 230 valence electrons. The standard InChI is InChI=1S/C35H38FN3O4S/c1-26(2)23-37-35(41)33(22-28-15-6-4-7-16-28)38(24-29-17-11-12-20-31(29)36)34(40)25-39(32-21-13-10-14-27(32)3)44(42,43)30-18-8-5-9-19-30/h4-21,26,33H,22-25H2,1-3H3,(H,37,41)/t33-/m0/s1. The predicted octanol–water partition coefficient (Wildman–Crippen LogP) is 5.74. The fourth-order valence-corrected chi connectivity index (χ4v) is 6.36. The van der Waals surface area contributed by atoms with Crippen molar-refractivity contribution in [1.82, 2.24) is 10.2 Å². The largest absolute Gasteiger partial charge is 0.354 e. The van der Waals surface area contributed by atoms with Crippen molar-refractivity contribution in [3.05, 3.63) is 132 Å². The van der Waals surface area contributed by atoms with E-state index in [2.05, 4.69) is 5.32 Å². The number of amides is 2. The van der Waals surface area contributed by atoms with E-state index in [1.54, 1.807) is 67.6 Å². The van der Waals surface area contributed by atoms with Crippen LogP contribution in [0.1, 0.15) is 30.5 Å². The van der Waals surface area contributed by atoms with E-state index in [4.69, 9.17) is 0 Å². The lowest BCUT2D eigenvalue weighted by atomic mass is 10.0. The van der Waals surface area contributed by atoms with Gasteiger partial charge in [0.25, 0.3) is 10.0 Å². The molecule has 0 saturated heterocycles. The van der Waals surface area contributed by atoms with Crippen molar-refractivity contribution in [3.63, 3.8) is 0 Å². The van der Waals surface area contributed by atoms with Gasteiger partial charge in [-0.15, -0.1) is 0 Å². The van der Waals surface area contributed by atoms with E-state index in [9.17, 15) is 18.0 Å². The molecule has 0 spiro atoms. The van der Waals surface area contributed by atoms with Crippen LogP contribution in [-0.4, -0.2) is 44.3 Å². The summed E-state index contributed by atoms with van der Waals surface area (Å²) in [5.41, 5.74) is 2.00. The second kappa shape index (κ2) is 14.8. The Morgan fingerprint density at radius 2 is 1.41 bits per heavy atom. The summed E-state index contributed by atoms with van der Waals surface area (Å²) in [5.74, 6) is -1.42. The zero-order chi connectivity index (χ0) is 31.7. The van der Waals surface area contributed by atoms with E-state index in [1.807, 2.05) is 44.2 Å². The summed E-state index contributed by atoms with van der Waals surface area (Å²) in [6.45, 7) is 5.24. The molecule has 0 bridgehead atoms. The van der Waals surface area contributed by atoms with Crippen LogP contribution >= 0.6 is 0 Å². The summed E-state index contributed by atoms with van der Waals surface area (Å²) >= 11 is 0. The Bertz CT molecular complexity index is 1660. The number of nitrogens with one attached hydrogen (secondary N) is 1. The molecule has 0 aliphatic carbocycles. The third-order valence-corrected chi connectivity index (χ3v) is 9.02. The van der Waals surface area contributed by atoms with Gasteiger partial charge in [-0.2, -0.15) is 0 Å². The van der Waals surface area contributed by atoms with Crippen molar-refractivity contribution < 1.29 is 22.4 Å². The minimum absolute atomic E-state index is 0.0206. The summed E-state index contributed by atoms with van der Waals surface area (Å²) < 4.78 is 44.2. The quantitative estimate of drug-likeness (QED) is 0.208. The van der Waals surface area contributed by atoms with Crippen molar-refractivity contribution >= 4 is 27.5 Å². The third-order valence-electron chi connectivity index (χ3n) is 7.25. The molecule has 0 saturated carbocycles. The van der Waals surface area contributed by atoms with Crippen LogP contribution in [0.2, 0.25) is 0 Å². The molecule has 0 heterocycles. The molecule has 1 atom stereocenters. The molecule has 0 radical (unpaired) electrons. The maximum atomic E-state index is 15.0. The zero-order valence-electron chi connectivity index (χ0n) is 25.2. The minimum Gasteiger partial charge on any atom is -0.354 e. The van der Waals surface area contributed by atoms with Gasteiger partial charge in [0.15, 0.2) is 0 Å². The van der Waals surface area contributed by atoms with Crippen molar-refractivity contribution in [2.75, 3.05) is 17.4 Å². The molecular formula is C35H38FN3O4S. The Morgan fingerprint density at radius 1 is 0.818 bits per heavy atom. The summed E-state index contributed by atoms with van der Waals surface area (Å²) in [6.07, 6.45) is 0.154. The number of para-hydroxylation sites is 1. The molecule has 7 nitrogen and oxygen atoms in total. The first kappa shape index (κ1) is 32.4. The Kier molecular flexibility index (Phi) is 10.9. The molecule has 4 aromatic carbocycles. The number of rotatable bonds is 13. The van der Waals surface area contributed by atoms with Crippen LogP contribution in [0.25, 0.3) is 0 Å². The highest BCUT2D eigenvalue weighted by Gasteiger charge is 2.35. The topological polar surface area (TPSA) is 86.8 Å². The van der Waals surface area contributed by atoms with Gasteiger partial charge in [-0.05, 0) is 48.2 Å². The molecule has 1 N–H and O–H groups in total. The number of benzene rings is 4. The van der Waals surface area contributed by atoms with Gasteiger partial charge in [0.05, 0.1) is 10.6 Å². The van der Waals surface area contributed by atoms with Gasteiger partial charge < -0.3 is 10.2 Å². The van der Waals surface area contributed by atoms with Crippen molar-refractivity contribution in [2.45, 2.75) is 44.7 Å². The Balaban J connectivity index is 1.81. The van der Waals surface area contributed by atoms with E-state index in [-0.39, 0.29) is 29.3 Å². The molecular weight excluding hydrogens is 577 g/mol. The van der Waals surface area contributed by atoms with Crippen LogP contribution in [0.15, 0.2) is 114 Å². The predicted molar refractivity (Wildman–Crippen MR) is 171 cm³/mol. The van der Waals surface area contributed by atoms with E-state index in [0.717, 1.165) is 9.87 Å². The first-order valence-corrected chi connectivity index (χ1v) is 16.0. The average Bonchev–Trinajstić information content (AvgIpc) is 3.02. The molecule has 0 unspecified atom stereocenters. The molecule has 0 aromatic heterocycles. The van der Waals surface area contributed by atoms with Gasteiger partial charge in [-0.1, -0.05) is 98.8 Å². The second-order valence-electron chi connectivity index (χ2n) is 11.1. The summed E-state index contributed by atoms with van der Waals surface area (Å²) in [4.78, 5) is 29.5. The average molecular weight is 616 g/mol. The van der Waals surface area contributed by atoms with Crippen molar-refractivity contribution in [1.29, 1.82) is 0 Å². The second-order valence-corrected chi connectivity index (χ2v) is 12.9. The fourth-order valence-electron chi connectivity index (χ4n) is 4.86. The normalized spacial score (nSPS) is 12.0. The van der Waals surface area contributed by atoms with Gasteiger partial charge in [0, 0.05) is 25.1 Å². The first-order valence-electron chi connectivity index (χ1n) is 14.6.